The highest BCUT2D eigenvalue weighted by Gasteiger charge is 2.15. The molecule has 0 unspecified atom stereocenters. The number of esters is 3. The van der Waals surface area contributed by atoms with Gasteiger partial charge in [-0.3, -0.25) is 0 Å². The molecule has 0 radical (unpaired) electrons. The molecule has 0 spiro atoms. The van der Waals surface area contributed by atoms with Gasteiger partial charge in [-0.2, -0.15) is 0 Å². The zero-order valence-electron chi connectivity index (χ0n) is 19.4. The van der Waals surface area contributed by atoms with Crippen molar-refractivity contribution >= 4 is 28.7 Å². The van der Waals surface area contributed by atoms with Gasteiger partial charge < -0.3 is 19.3 Å². The van der Waals surface area contributed by atoms with Crippen LogP contribution in [0.3, 0.4) is 0 Å². The molecule has 0 saturated carbocycles. The molecule has 0 fully saturated rings. The van der Waals surface area contributed by atoms with Crippen molar-refractivity contribution in [1.82, 2.24) is 0 Å². The second kappa shape index (κ2) is 10.6. The number of rotatable bonds is 7. The molecular weight excluding hydrogens is 460 g/mol. The summed E-state index contributed by atoms with van der Waals surface area (Å²) in [6.07, 6.45) is 1.62. The van der Waals surface area contributed by atoms with E-state index < -0.39 is 17.9 Å². The average Bonchev–Trinajstić information content (AvgIpc) is 2.89. The summed E-state index contributed by atoms with van der Waals surface area (Å²) in [6, 6.07) is 20.6. The maximum absolute atomic E-state index is 12.8. The Balaban J connectivity index is 1.48. The first-order valence-corrected chi connectivity index (χ1v) is 11.1. The quantitative estimate of drug-likeness (QED) is 0.207. The summed E-state index contributed by atoms with van der Waals surface area (Å²) in [6.45, 7) is 5.27. The highest BCUT2D eigenvalue weighted by atomic mass is 16.5. The van der Waals surface area contributed by atoms with Gasteiger partial charge in [-0.25, -0.2) is 14.4 Å². The van der Waals surface area contributed by atoms with E-state index in [1.54, 1.807) is 54.6 Å². The van der Waals surface area contributed by atoms with Gasteiger partial charge >= 0.3 is 17.9 Å². The number of aryl methyl sites for hydroxylation is 1. The zero-order chi connectivity index (χ0) is 25.7. The number of carbonyl (C=O) groups excluding carboxylic acids is 3. The Morgan fingerprint density at radius 3 is 2.08 bits per heavy atom. The van der Waals surface area contributed by atoms with Crippen LogP contribution in [0.15, 0.2) is 91.5 Å². The van der Waals surface area contributed by atoms with Crippen LogP contribution in [0, 0.1) is 0 Å². The van der Waals surface area contributed by atoms with E-state index in [1.807, 2.05) is 6.92 Å². The number of ether oxygens (including phenoxy) is 3. The summed E-state index contributed by atoms with van der Waals surface area (Å²) in [7, 11) is 0. The number of carbonyl (C=O) groups is 3. The average molecular weight is 482 g/mol. The van der Waals surface area contributed by atoms with Crippen LogP contribution in [0.5, 0.6) is 23.0 Å². The number of benzene rings is 4. The molecule has 0 aliphatic rings. The third kappa shape index (κ3) is 5.59. The van der Waals surface area contributed by atoms with Crippen LogP contribution < -0.4 is 14.2 Å². The van der Waals surface area contributed by atoms with Crippen molar-refractivity contribution in [3.05, 3.63) is 108 Å². The largest absolute Gasteiger partial charge is 0.508 e. The molecule has 0 atom stereocenters. The highest BCUT2D eigenvalue weighted by Crippen LogP contribution is 2.28. The first kappa shape index (κ1) is 24.2. The molecule has 0 aliphatic heterocycles. The highest BCUT2D eigenvalue weighted by molar-refractivity contribution is 5.97. The Labute approximate surface area is 207 Å². The Morgan fingerprint density at radius 2 is 1.36 bits per heavy atom. The molecular formula is C29H22O7. The van der Waals surface area contributed by atoms with Gasteiger partial charge in [-0.05, 0) is 89.5 Å². The lowest BCUT2D eigenvalue weighted by Gasteiger charge is -2.12. The number of hydrogen-bond donors (Lipinski definition) is 1. The second-order valence-corrected chi connectivity index (χ2v) is 7.80. The Morgan fingerprint density at radius 1 is 0.750 bits per heavy atom. The lowest BCUT2D eigenvalue weighted by Crippen LogP contribution is -2.11. The summed E-state index contributed by atoms with van der Waals surface area (Å²) >= 11 is 0. The molecule has 7 heteroatoms. The lowest BCUT2D eigenvalue weighted by atomic mass is 10.1. The number of fused-ring (bicyclic) bond motifs is 1. The molecule has 7 nitrogen and oxygen atoms in total. The monoisotopic (exact) mass is 482 g/mol. The molecule has 0 amide bonds. The molecule has 4 aromatic carbocycles. The molecule has 36 heavy (non-hydrogen) atoms. The summed E-state index contributed by atoms with van der Waals surface area (Å²) in [5, 5.41) is 10.9. The van der Waals surface area contributed by atoms with Gasteiger partial charge in [-0.1, -0.05) is 25.6 Å². The minimum atomic E-state index is -0.569. The van der Waals surface area contributed by atoms with E-state index in [9.17, 15) is 19.5 Å². The van der Waals surface area contributed by atoms with Crippen LogP contribution in [0.1, 0.15) is 33.2 Å². The molecule has 180 valence electrons. The molecule has 0 aliphatic carbocycles. The number of phenols is 1. The van der Waals surface area contributed by atoms with E-state index in [-0.39, 0.29) is 5.75 Å². The van der Waals surface area contributed by atoms with Gasteiger partial charge in [0, 0.05) is 6.08 Å². The van der Waals surface area contributed by atoms with Crippen molar-refractivity contribution in [2.75, 3.05) is 0 Å². The van der Waals surface area contributed by atoms with Crippen molar-refractivity contribution in [3.63, 3.8) is 0 Å². The topological polar surface area (TPSA) is 99.1 Å². The fourth-order valence-corrected chi connectivity index (χ4v) is 3.49. The zero-order valence-corrected chi connectivity index (χ0v) is 19.4. The number of phenolic OH excluding ortho intramolecular Hbond substituents is 1. The van der Waals surface area contributed by atoms with Gasteiger partial charge in [0.15, 0.2) is 0 Å². The molecule has 1 N–H and O–H groups in total. The predicted octanol–water partition coefficient (Wildman–Crippen LogP) is 5.64. The Hall–Kier alpha value is -4.91. The van der Waals surface area contributed by atoms with Gasteiger partial charge in [0.1, 0.15) is 23.0 Å². The van der Waals surface area contributed by atoms with Crippen molar-refractivity contribution in [3.8, 4) is 23.0 Å². The van der Waals surface area contributed by atoms with Gasteiger partial charge in [0.2, 0.25) is 0 Å². The van der Waals surface area contributed by atoms with Crippen LogP contribution in [0.4, 0.5) is 0 Å². The maximum atomic E-state index is 12.8. The van der Waals surface area contributed by atoms with Crippen LogP contribution >= 0.6 is 0 Å². The molecule has 0 saturated heterocycles. The van der Waals surface area contributed by atoms with E-state index >= 15 is 0 Å². The van der Waals surface area contributed by atoms with E-state index in [1.165, 1.54) is 24.3 Å². The predicted molar refractivity (Wildman–Crippen MR) is 134 cm³/mol. The van der Waals surface area contributed by atoms with Crippen molar-refractivity contribution in [2.24, 2.45) is 0 Å². The van der Waals surface area contributed by atoms with E-state index in [0.717, 1.165) is 16.8 Å². The van der Waals surface area contributed by atoms with Crippen LogP contribution in [0.2, 0.25) is 0 Å². The molecule has 4 rings (SSSR count). The molecule has 4 aromatic rings. The molecule has 0 heterocycles. The first-order chi connectivity index (χ1) is 17.4. The molecule has 0 aromatic heterocycles. The number of aromatic hydroxyl groups is 1. The maximum Gasteiger partial charge on any atom is 0.343 e. The van der Waals surface area contributed by atoms with Crippen molar-refractivity contribution in [1.29, 1.82) is 0 Å². The lowest BCUT2D eigenvalue weighted by molar-refractivity contribution is -0.128. The second-order valence-electron chi connectivity index (χ2n) is 7.80. The van der Waals surface area contributed by atoms with Crippen LogP contribution in [0.25, 0.3) is 10.8 Å². The minimum Gasteiger partial charge on any atom is -0.508 e. The smallest absolute Gasteiger partial charge is 0.343 e. The third-order valence-corrected chi connectivity index (χ3v) is 5.36. The van der Waals surface area contributed by atoms with Crippen molar-refractivity contribution < 1.29 is 33.7 Å². The standard InChI is InChI=1S/C29H22O7/c1-3-18-16-25(35-28(32)19-7-10-23(30)11-8-19)13-14-26(18)36-29(33)22-6-5-21-17-24(34-27(31)4-2)12-9-20(21)15-22/h4-17,30H,2-3H2,1H3. The Bertz CT molecular complexity index is 1470. The number of hydrogen-bond acceptors (Lipinski definition) is 7. The summed E-state index contributed by atoms with van der Waals surface area (Å²) in [5.74, 6) is -0.565. The fraction of sp³-hybridized carbons (Fsp3) is 0.0690. The van der Waals surface area contributed by atoms with Gasteiger partial charge in [-0.15, -0.1) is 0 Å². The minimum absolute atomic E-state index is 0.0520. The van der Waals surface area contributed by atoms with Crippen molar-refractivity contribution in [2.45, 2.75) is 13.3 Å². The van der Waals surface area contributed by atoms with E-state index in [0.29, 0.717) is 40.4 Å². The Kier molecular flexibility index (Phi) is 7.11. The molecule has 0 bridgehead atoms. The van der Waals surface area contributed by atoms with E-state index in [2.05, 4.69) is 6.58 Å². The summed E-state index contributed by atoms with van der Waals surface area (Å²) in [4.78, 5) is 36.6. The van der Waals surface area contributed by atoms with Crippen LogP contribution in [-0.2, 0) is 11.2 Å². The van der Waals surface area contributed by atoms with E-state index in [4.69, 9.17) is 14.2 Å². The normalized spacial score (nSPS) is 10.5. The van der Waals surface area contributed by atoms with Gasteiger partial charge in [0.05, 0.1) is 11.1 Å². The first-order valence-electron chi connectivity index (χ1n) is 11.1. The summed E-state index contributed by atoms with van der Waals surface area (Å²) in [5.41, 5.74) is 1.33. The third-order valence-electron chi connectivity index (χ3n) is 5.36. The van der Waals surface area contributed by atoms with Gasteiger partial charge in [0.25, 0.3) is 0 Å². The fourth-order valence-electron chi connectivity index (χ4n) is 3.49. The SMILES string of the molecule is C=CC(=O)Oc1ccc2cc(C(=O)Oc3ccc(OC(=O)c4ccc(O)cc4)cc3CC)ccc2c1. The van der Waals surface area contributed by atoms with Crippen LogP contribution in [-0.4, -0.2) is 23.0 Å². The summed E-state index contributed by atoms with van der Waals surface area (Å²) < 4.78 is 16.2.